The monoisotopic (exact) mass is 374 g/mol. The number of rotatable bonds is 5. The van der Waals surface area contributed by atoms with Crippen LogP contribution in [0, 0.1) is 20.8 Å². The van der Waals surface area contributed by atoms with Crippen LogP contribution in [0.2, 0.25) is 0 Å². The third-order valence-corrected chi connectivity index (χ3v) is 5.08. The van der Waals surface area contributed by atoms with Gasteiger partial charge in [-0.2, -0.15) is 0 Å². The van der Waals surface area contributed by atoms with Crippen molar-refractivity contribution >= 4 is 39.8 Å². The van der Waals surface area contributed by atoms with Crippen molar-refractivity contribution in [1.82, 2.24) is 0 Å². The molecule has 0 saturated carbocycles. The summed E-state index contributed by atoms with van der Waals surface area (Å²) in [5.41, 5.74) is 3.58. The quantitative estimate of drug-likeness (QED) is 0.773. The first-order valence-corrected chi connectivity index (χ1v) is 9.03. The van der Waals surface area contributed by atoms with Crippen molar-refractivity contribution in [2.24, 2.45) is 0 Å². The Morgan fingerprint density at radius 3 is 2.35 bits per heavy atom. The van der Waals surface area contributed by atoms with Crippen molar-refractivity contribution in [3.05, 3.63) is 45.3 Å². The summed E-state index contributed by atoms with van der Waals surface area (Å²) < 4.78 is 5.04. The number of esters is 1. The Morgan fingerprint density at radius 2 is 1.77 bits per heavy atom. The fraction of sp³-hybridized carbons (Fsp3) is 0.316. The first-order valence-electron chi connectivity index (χ1n) is 8.21. The van der Waals surface area contributed by atoms with Gasteiger partial charge >= 0.3 is 5.97 Å². The van der Waals surface area contributed by atoms with Crippen LogP contribution in [0.5, 0.6) is 0 Å². The first-order chi connectivity index (χ1) is 12.2. The van der Waals surface area contributed by atoms with Crippen LogP contribution < -0.4 is 10.6 Å². The van der Waals surface area contributed by atoms with E-state index in [0.29, 0.717) is 21.1 Å². The minimum atomic E-state index is -0.508. The summed E-state index contributed by atoms with van der Waals surface area (Å²) in [6.07, 6.45) is 0. The standard InChI is InChI=1S/C19H22N2O4S/c1-6-25-19(24)16-12(4)15(18(26-16)20-13(5)22)17(23)21-14-8-7-10(2)11(3)9-14/h7-9H,6H2,1-5H3,(H,20,22)(H,21,23). The summed E-state index contributed by atoms with van der Waals surface area (Å²) >= 11 is 1.04. The number of thiophene rings is 1. The summed E-state index contributed by atoms with van der Waals surface area (Å²) in [4.78, 5) is 36.7. The zero-order chi connectivity index (χ0) is 19.4. The number of amides is 2. The molecule has 0 fully saturated rings. The molecule has 0 aliphatic heterocycles. The second-order valence-corrected chi connectivity index (χ2v) is 6.94. The number of nitrogens with one attached hydrogen (secondary N) is 2. The number of ether oxygens (including phenoxy) is 1. The lowest BCUT2D eigenvalue weighted by atomic mass is 10.1. The van der Waals surface area contributed by atoms with Crippen LogP contribution in [0.1, 0.15) is 50.6 Å². The van der Waals surface area contributed by atoms with Crippen LogP contribution in [-0.4, -0.2) is 24.4 Å². The molecule has 138 valence electrons. The average molecular weight is 374 g/mol. The largest absolute Gasteiger partial charge is 0.462 e. The number of hydrogen-bond acceptors (Lipinski definition) is 5. The molecule has 2 amide bonds. The second kappa shape index (κ2) is 8.14. The number of carbonyl (C=O) groups excluding carboxylic acids is 3. The fourth-order valence-electron chi connectivity index (χ4n) is 2.44. The summed E-state index contributed by atoms with van der Waals surface area (Å²) in [7, 11) is 0. The Balaban J connectivity index is 2.41. The Labute approximate surface area is 156 Å². The van der Waals surface area contributed by atoms with Gasteiger partial charge in [0.05, 0.1) is 12.2 Å². The Kier molecular flexibility index (Phi) is 6.15. The minimum Gasteiger partial charge on any atom is -0.462 e. The summed E-state index contributed by atoms with van der Waals surface area (Å²) in [6, 6.07) is 5.61. The molecule has 2 N–H and O–H groups in total. The molecule has 0 bridgehead atoms. The highest BCUT2D eigenvalue weighted by Crippen LogP contribution is 2.34. The molecule has 0 aliphatic rings. The molecule has 0 radical (unpaired) electrons. The lowest BCUT2D eigenvalue weighted by molar-refractivity contribution is -0.114. The van der Waals surface area contributed by atoms with Gasteiger partial charge in [0, 0.05) is 12.6 Å². The lowest BCUT2D eigenvalue weighted by Gasteiger charge is -2.09. The maximum absolute atomic E-state index is 12.8. The Morgan fingerprint density at radius 1 is 1.08 bits per heavy atom. The van der Waals surface area contributed by atoms with Gasteiger partial charge in [0.2, 0.25) is 5.91 Å². The predicted octanol–water partition coefficient (Wildman–Crippen LogP) is 4.06. The zero-order valence-corrected chi connectivity index (χ0v) is 16.3. The number of hydrogen-bond donors (Lipinski definition) is 2. The fourth-order valence-corrected chi connectivity index (χ4v) is 3.58. The maximum Gasteiger partial charge on any atom is 0.348 e. The van der Waals surface area contributed by atoms with E-state index >= 15 is 0 Å². The van der Waals surface area contributed by atoms with Crippen LogP contribution >= 0.6 is 11.3 Å². The van der Waals surface area contributed by atoms with Crippen molar-refractivity contribution in [2.45, 2.75) is 34.6 Å². The Bertz CT molecular complexity index is 871. The van der Waals surface area contributed by atoms with Crippen molar-refractivity contribution in [3.63, 3.8) is 0 Å². The van der Waals surface area contributed by atoms with Gasteiger partial charge in [-0.05, 0) is 56.5 Å². The molecule has 2 rings (SSSR count). The number of benzene rings is 1. The van der Waals surface area contributed by atoms with E-state index < -0.39 is 5.97 Å². The molecule has 1 aromatic carbocycles. The molecular formula is C19H22N2O4S. The highest BCUT2D eigenvalue weighted by atomic mass is 32.1. The highest BCUT2D eigenvalue weighted by Gasteiger charge is 2.26. The number of carbonyl (C=O) groups is 3. The van der Waals surface area contributed by atoms with E-state index in [1.54, 1.807) is 13.8 Å². The van der Waals surface area contributed by atoms with Crippen LogP contribution in [0.15, 0.2) is 18.2 Å². The normalized spacial score (nSPS) is 10.3. The van der Waals surface area contributed by atoms with Crippen molar-refractivity contribution in [2.75, 3.05) is 17.2 Å². The average Bonchev–Trinajstić information content (AvgIpc) is 2.87. The summed E-state index contributed by atoms with van der Waals surface area (Å²) in [5, 5.41) is 5.79. The minimum absolute atomic E-state index is 0.232. The molecule has 7 heteroatoms. The van der Waals surface area contributed by atoms with Crippen molar-refractivity contribution < 1.29 is 19.1 Å². The molecule has 26 heavy (non-hydrogen) atoms. The van der Waals surface area contributed by atoms with Gasteiger partial charge in [0.1, 0.15) is 9.88 Å². The van der Waals surface area contributed by atoms with Crippen LogP contribution in [0.4, 0.5) is 10.7 Å². The van der Waals surface area contributed by atoms with E-state index in [-0.39, 0.29) is 24.0 Å². The zero-order valence-electron chi connectivity index (χ0n) is 15.5. The second-order valence-electron chi connectivity index (χ2n) is 5.92. The first kappa shape index (κ1) is 19.7. The van der Waals surface area contributed by atoms with E-state index in [0.717, 1.165) is 22.5 Å². The smallest absolute Gasteiger partial charge is 0.348 e. The molecule has 0 aliphatic carbocycles. The highest BCUT2D eigenvalue weighted by molar-refractivity contribution is 7.18. The van der Waals surface area contributed by atoms with Gasteiger partial charge in [-0.1, -0.05) is 6.07 Å². The molecule has 0 unspecified atom stereocenters. The van der Waals surface area contributed by atoms with Gasteiger partial charge in [-0.3, -0.25) is 9.59 Å². The summed E-state index contributed by atoms with van der Waals surface area (Å²) in [6.45, 7) is 8.92. The van der Waals surface area contributed by atoms with Crippen LogP contribution in [0.25, 0.3) is 0 Å². The third kappa shape index (κ3) is 4.29. The molecule has 6 nitrogen and oxygen atoms in total. The predicted molar refractivity (Wildman–Crippen MR) is 103 cm³/mol. The van der Waals surface area contributed by atoms with Gasteiger partial charge < -0.3 is 15.4 Å². The van der Waals surface area contributed by atoms with Crippen molar-refractivity contribution in [3.8, 4) is 0 Å². The molecule has 0 saturated heterocycles. The van der Waals surface area contributed by atoms with E-state index in [4.69, 9.17) is 4.74 Å². The molecule has 2 aromatic rings. The van der Waals surface area contributed by atoms with E-state index in [2.05, 4.69) is 10.6 Å². The topological polar surface area (TPSA) is 84.5 Å². The van der Waals surface area contributed by atoms with Crippen LogP contribution in [0.3, 0.4) is 0 Å². The van der Waals surface area contributed by atoms with Gasteiger partial charge in [-0.15, -0.1) is 11.3 Å². The lowest BCUT2D eigenvalue weighted by Crippen LogP contribution is -2.16. The number of aryl methyl sites for hydroxylation is 2. The van der Waals surface area contributed by atoms with E-state index in [1.165, 1.54) is 6.92 Å². The summed E-state index contributed by atoms with van der Waals surface area (Å²) in [5.74, 6) is -1.21. The van der Waals surface area contributed by atoms with Crippen molar-refractivity contribution in [1.29, 1.82) is 0 Å². The SMILES string of the molecule is CCOC(=O)c1sc(NC(C)=O)c(C(=O)Nc2ccc(C)c(C)c2)c1C. The van der Waals surface area contributed by atoms with E-state index in [9.17, 15) is 14.4 Å². The van der Waals surface area contributed by atoms with Gasteiger partial charge in [-0.25, -0.2) is 4.79 Å². The van der Waals surface area contributed by atoms with Gasteiger partial charge in [0.25, 0.3) is 5.91 Å². The molecule has 0 atom stereocenters. The molecule has 0 spiro atoms. The van der Waals surface area contributed by atoms with Crippen LogP contribution in [-0.2, 0) is 9.53 Å². The molecule has 1 heterocycles. The third-order valence-electron chi connectivity index (χ3n) is 3.89. The van der Waals surface area contributed by atoms with E-state index in [1.807, 2.05) is 32.0 Å². The maximum atomic E-state index is 12.8. The van der Waals surface area contributed by atoms with Gasteiger partial charge in [0.15, 0.2) is 0 Å². The molecule has 1 aromatic heterocycles. The molecular weight excluding hydrogens is 352 g/mol. The number of anilines is 2. The Hall–Kier alpha value is -2.67.